The van der Waals surface area contributed by atoms with Crippen molar-refractivity contribution in [3.8, 4) is 0 Å². The molecule has 0 radical (unpaired) electrons. The second-order valence-corrected chi connectivity index (χ2v) is 9.17. The second kappa shape index (κ2) is 10.4. The molecule has 2 saturated heterocycles. The minimum absolute atomic E-state index is 0.0925. The van der Waals surface area contributed by atoms with E-state index in [0.717, 1.165) is 63.6 Å². The van der Waals surface area contributed by atoms with Crippen molar-refractivity contribution >= 4 is 28.9 Å². The molecular weight excluding hydrogens is 418 g/mol. The van der Waals surface area contributed by atoms with Gasteiger partial charge in [-0.25, -0.2) is 9.97 Å². The van der Waals surface area contributed by atoms with E-state index in [-0.39, 0.29) is 17.7 Å². The highest BCUT2D eigenvalue weighted by Crippen LogP contribution is 2.28. The van der Waals surface area contributed by atoms with Crippen LogP contribution in [0.5, 0.6) is 0 Å². The summed E-state index contributed by atoms with van der Waals surface area (Å²) in [4.78, 5) is 26.3. The fourth-order valence-corrected chi connectivity index (χ4v) is 4.21. The van der Waals surface area contributed by atoms with E-state index in [2.05, 4.69) is 44.6 Å². The Labute approximate surface area is 195 Å². The topological polar surface area (TPSA) is 109 Å². The van der Waals surface area contributed by atoms with Gasteiger partial charge in [0.15, 0.2) is 17.3 Å². The van der Waals surface area contributed by atoms with Crippen molar-refractivity contribution in [1.29, 1.82) is 0 Å². The molecule has 33 heavy (non-hydrogen) atoms. The highest BCUT2D eigenvalue weighted by molar-refractivity contribution is 5.96. The van der Waals surface area contributed by atoms with E-state index in [0.29, 0.717) is 11.6 Å². The number of piperazine rings is 1. The quantitative estimate of drug-likeness (QED) is 0.587. The van der Waals surface area contributed by atoms with Crippen molar-refractivity contribution in [1.82, 2.24) is 14.9 Å². The molecular formula is C24H35N7O2. The fourth-order valence-electron chi connectivity index (χ4n) is 4.21. The van der Waals surface area contributed by atoms with E-state index in [1.165, 1.54) is 5.69 Å². The molecule has 1 aromatic carbocycles. The molecule has 0 aliphatic carbocycles. The Balaban J connectivity index is 1.57. The average molecular weight is 454 g/mol. The third-order valence-electron chi connectivity index (χ3n) is 6.26. The van der Waals surface area contributed by atoms with Gasteiger partial charge < -0.3 is 30.9 Å². The smallest absolute Gasteiger partial charge is 0.271 e. The Hall–Kier alpha value is -2.91. The van der Waals surface area contributed by atoms with Gasteiger partial charge in [-0.05, 0) is 50.1 Å². The zero-order chi connectivity index (χ0) is 23.4. The molecule has 4 rings (SSSR count). The summed E-state index contributed by atoms with van der Waals surface area (Å²) in [6.07, 6.45) is 1.82. The summed E-state index contributed by atoms with van der Waals surface area (Å²) in [5, 5.41) is 6.79. The van der Waals surface area contributed by atoms with Crippen LogP contribution in [-0.2, 0) is 4.74 Å². The molecule has 9 heteroatoms. The van der Waals surface area contributed by atoms with Gasteiger partial charge in [-0.15, -0.1) is 0 Å². The van der Waals surface area contributed by atoms with Crippen LogP contribution in [-0.4, -0.2) is 73.3 Å². The van der Waals surface area contributed by atoms with E-state index >= 15 is 0 Å². The number of likely N-dealkylation sites (N-methyl/N-ethyl adjacent to an activating group) is 1. The number of nitrogens with one attached hydrogen (secondary N) is 2. The maximum absolute atomic E-state index is 12.2. The molecule has 0 spiro atoms. The molecule has 178 valence electrons. The van der Waals surface area contributed by atoms with Crippen LogP contribution in [0.2, 0.25) is 0 Å². The highest BCUT2D eigenvalue weighted by atomic mass is 16.5. The van der Waals surface area contributed by atoms with E-state index in [1.807, 2.05) is 26.0 Å². The zero-order valence-corrected chi connectivity index (χ0v) is 19.8. The average Bonchev–Trinajstić information content (AvgIpc) is 2.80. The SMILES string of the molecule is CC(C)c1nc(C(N)=O)c(Nc2ccc(N3CCN(C)CC3)cc2)nc1NC1CCOCC1. The van der Waals surface area contributed by atoms with Gasteiger partial charge in [0.05, 0.1) is 5.69 Å². The monoisotopic (exact) mass is 453 g/mol. The van der Waals surface area contributed by atoms with Crippen molar-refractivity contribution in [2.24, 2.45) is 5.73 Å². The number of aromatic nitrogens is 2. The number of nitrogens with two attached hydrogens (primary N) is 1. The lowest BCUT2D eigenvalue weighted by atomic mass is 10.1. The summed E-state index contributed by atoms with van der Waals surface area (Å²) in [5.74, 6) is 0.556. The van der Waals surface area contributed by atoms with Gasteiger partial charge in [0, 0.05) is 56.8 Å². The number of hydrogen-bond donors (Lipinski definition) is 3. The Morgan fingerprint density at radius 3 is 2.33 bits per heavy atom. The van der Waals surface area contributed by atoms with Crippen molar-refractivity contribution in [2.45, 2.75) is 38.6 Å². The number of primary amides is 1. The molecule has 0 saturated carbocycles. The molecule has 9 nitrogen and oxygen atoms in total. The minimum Gasteiger partial charge on any atom is -0.381 e. The Morgan fingerprint density at radius 1 is 1.06 bits per heavy atom. The standard InChI is InChI=1S/C24H35N7O2/c1-16(2)20-23(27-18-8-14-33-15-9-18)29-24(21(28-20)22(25)32)26-17-4-6-19(7-5-17)31-12-10-30(3)11-13-31/h4-7,16,18H,8-15H2,1-3H3,(H2,25,32)(H2,26,27,29). The van der Waals surface area contributed by atoms with Gasteiger partial charge in [-0.1, -0.05) is 13.8 Å². The second-order valence-electron chi connectivity index (χ2n) is 9.17. The zero-order valence-electron chi connectivity index (χ0n) is 19.8. The normalized spacial score (nSPS) is 17.9. The number of anilines is 4. The molecule has 4 N–H and O–H groups in total. The van der Waals surface area contributed by atoms with Crippen LogP contribution in [0.25, 0.3) is 0 Å². The summed E-state index contributed by atoms with van der Waals surface area (Å²) in [5.41, 5.74) is 8.59. The van der Waals surface area contributed by atoms with Crippen LogP contribution in [0, 0.1) is 0 Å². The van der Waals surface area contributed by atoms with Crippen molar-refractivity contribution < 1.29 is 9.53 Å². The number of amides is 1. The van der Waals surface area contributed by atoms with E-state index in [4.69, 9.17) is 15.5 Å². The molecule has 2 fully saturated rings. The maximum atomic E-state index is 12.2. The number of rotatable bonds is 7. The van der Waals surface area contributed by atoms with Gasteiger partial charge >= 0.3 is 0 Å². The predicted molar refractivity (Wildman–Crippen MR) is 132 cm³/mol. The number of benzene rings is 1. The van der Waals surface area contributed by atoms with Crippen molar-refractivity contribution in [3.63, 3.8) is 0 Å². The molecule has 3 heterocycles. The first kappa shape index (κ1) is 23.3. The van der Waals surface area contributed by atoms with E-state index < -0.39 is 5.91 Å². The van der Waals surface area contributed by atoms with Gasteiger partial charge in [0.1, 0.15) is 0 Å². The molecule has 2 aliphatic rings. The lowest BCUT2D eigenvalue weighted by Gasteiger charge is -2.34. The molecule has 2 aromatic rings. The van der Waals surface area contributed by atoms with Crippen LogP contribution in [0.15, 0.2) is 24.3 Å². The van der Waals surface area contributed by atoms with Gasteiger partial charge in [-0.3, -0.25) is 4.79 Å². The lowest BCUT2D eigenvalue weighted by molar-refractivity contribution is 0.0903. The van der Waals surface area contributed by atoms with Gasteiger partial charge in [0.25, 0.3) is 5.91 Å². The molecule has 1 aromatic heterocycles. The molecule has 0 atom stereocenters. The highest BCUT2D eigenvalue weighted by Gasteiger charge is 2.23. The predicted octanol–water partition coefficient (Wildman–Crippen LogP) is 2.79. The molecule has 0 bridgehead atoms. The number of carbonyl (C=O) groups is 1. The third-order valence-corrected chi connectivity index (χ3v) is 6.26. The Bertz CT molecular complexity index is 950. The summed E-state index contributed by atoms with van der Waals surface area (Å²) < 4.78 is 5.47. The van der Waals surface area contributed by atoms with Crippen LogP contribution in [0.1, 0.15) is 48.8 Å². The first-order chi connectivity index (χ1) is 15.9. The summed E-state index contributed by atoms with van der Waals surface area (Å²) in [7, 11) is 2.15. The van der Waals surface area contributed by atoms with E-state index in [1.54, 1.807) is 0 Å². The number of hydrogen-bond acceptors (Lipinski definition) is 8. The maximum Gasteiger partial charge on any atom is 0.271 e. The van der Waals surface area contributed by atoms with Crippen LogP contribution in [0.3, 0.4) is 0 Å². The van der Waals surface area contributed by atoms with Crippen LogP contribution in [0.4, 0.5) is 23.0 Å². The first-order valence-corrected chi connectivity index (χ1v) is 11.8. The molecule has 1 amide bonds. The van der Waals surface area contributed by atoms with Gasteiger partial charge in [-0.2, -0.15) is 0 Å². The minimum atomic E-state index is -0.599. The summed E-state index contributed by atoms with van der Waals surface area (Å²) >= 11 is 0. The fraction of sp³-hybridized carbons (Fsp3) is 0.542. The summed E-state index contributed by atoms with van der Waals surface area (Å²) in [6.45, 7) is 9.67. The number of ether oxygens (including phenoxy) is 1. The molecule has 2 aliphatic heterocycles. The van der Waals surface area contributed by atoms with E-state index in [9.17, 15) is 4.79 Å². The van der Waals surface area contributed by atoms with Crippen LogP contribution >= 0.6 is 0 Å². The Morgan fingerprint density at radius 2 is 1.73 bits per heavy atom. The number of carbonyl (C=O) groups excluding carboxylic acids is 1. The third kappa shape index (κ3) is 5.72. The summed E-state index contributed by atoms with van der Waals surface area (Å²) in [6, 6.07) is 8.45. The van der Waals surface area contributed by atoms with Crippen molar-refractivity contribution in [3.05, 3.63) is 35.7 Å². The molecule has 0 unspecified atom stereocenters. The lowest BCUT2D eigenvalue weighted by Crippen LogP contribution is -2.44. The van der Waals surface area contributed by atoms with Crippen LogP contribution < -0.4 is 21.3 Å². The van der Waals surface area contributed by atoms with Gasteiger partial charge in [0.2, 0.25) is 0 Å². The number of nitrogens with zero attached hydrogens (tertiary/aromatic N) is 4. The first-order valence-electron chi connectivity index (χ1n) is 11.8. The van der Waals surface area contributed by atoms with Crippen molar-refractivity contribution in [2.75, 3.05) is 62.0 Å². The largest absolute Gasteiger partial charge is 0.381 e. The Kier molecular flexibility index (Phi) is 7.29.